The molecule has 1 aromatic heterocycles. The molecule has 6 nitrogen and oxygen atoms in total. The van der Waals surface area contributed by atoms with Gasteiger partial charge >= 0.3 is 5.97 Å². The van der Waals surface area contributed by atoms with Crippen LogP contribution in [0.1, 0.15) is 16.9 Å². The Bertz CT molecular complexity index is 427. The maximum atomic E-state index is 11.9. The maximum Gasteiger partial charge on any atom is 0.308 e. The third kappa shape index (κ3) is 1.91. The van der Waals surface area contributed by atoms with Crippen LogP contribution in [0, 0.1) is 5.92 Å². The van der Waals surface area contributed by atoms with Gasteiger partial charge in [0.05, 0.1) is 12.2 Å². The smallest absolute Gasteiger partial charge is 0.308 e. The Morgan fingerprint density at radius 2 is 2.31 bits per heavy atom. The third-order valence-electron chi connectivity index (χ3n) is 2.75. The van der Waals surface area contributed by atoms with Crippen LogP contribution in [0.25, 0.3) is 0 Å². The van der Waals surface area contributed by atoms with Gasteiger partial charge in [-0.2, -0.15) is 0 Å². The Hall–Kier alpha value is -1.85. The van der Waals surface area contributed by atoms with Crippen LogP contribution in [0.5, 0.6) is 0 Å². The predicted octanol–water partition coefficient (Wildman–Crippen LogP) is -0.0332. The molecule has 1 aliphatic rings. The molecular weight excluding hydrogens is 210 g/mol. The van der Waals surface area contributed by atoms with Gasteiger partial charge in [-0.25, -0.2) is 4.98 Å². The van der Waals surface area contributed by atoms with E-state index in [-0.39, 0.29) is 12.5 Å². The molecule has 0 aromatic carbocycles. The van der Waals surface area contributed by atoms with Gasteiger partial charge in [0.2, 0.25) is 0 Å². The Labute approximate surface area is 92.5 Å². The topological polar surface area (TPSA) is 75.4 Å². The molecule has 0 radical (unpaired) electrons. The van der Waals surface area contributed by atoms with Crippen molar-refractivity contribution in [2.75, 3.05) is 13.1 Å². The van der Waals surface area contributed by atoms with Crippen molar-refractivity contribution in [3.63, 3.8) is 0 Å². The first-order valence-corrected chi connectivity index (χ1v) is 5.08. The van der Waals surface area contributed by atoms with Gasteiger partial charge < -0.3 is 14.6 Å². The predicted molar refractivity (Wildman–Crippen MR) is 54.9 cm³/mol. The summed E-state index contributed by atoms with van der Waals surface area (Å²) < 4.78 is 1.69. The number of hydrogen-bond donors (Lipinski definition) is 1. The first-order valence-electron chi connectivity index (χ1n) is 5.08. The summed E-state index contributed by atoms with van der Waals surface area (Å²) in [4.78, 5) is 28.1. The minimum Gasteiger partial charge on any atom is -0.481 e. The zero-order valence-corrected chi connectivity index (χ0v) is 8.96. The molecule has 1 N–H and O–H groups in total. The van der Waals surface area contributed by atoms with E-state index in [0.717, 1.165) is 0 Å². The summed E-state index contributed by atoms with van der Waals surface area (Å²) in [5.74, 6) is -1.46. The molecule has 1 saturated heterocycles. The number of aryl methyl sites for hydroxylation is 1. The third-order valence-corrected chi connectivity index (χ3v) is 2.75. The average molecular weight is 223 g/mol. The van der Waals surface area contributed by atoms with Gasteiger partial charge in [-0.1, -0.05) is 0 Å². The first-order chi connectivity index (χ1) is 7.58. The highest BCUT2D eigenvalue weighted by Gasteiger charge is 2.31. The highest BCUT2D eigenvalue weighted by molar-refractivity contribution is 5.92. The highest BCUT2D eigenvalue weighted by Crippen LogP contribution is 2.18. The van der Waals surface area contributed by atoms with Crippen molar-refractivity contribution in [2.24, 2.45) is 13.0 Å². The number of amides is 1. The Kier molecular flexibility index (Phi) is 2.64. The van der Waals surface area contributed by atoms with Crippen LogP contribution in [0.2, 0.25) is 0 Å². The van der Waals surface area contributed by atoms with Gasteiger partial charge in [0, 0.05) is 26.3 Å². The number of hydrogen-bond acceptors (Lipinski definition) is 3. The summed E-state index contributed by atoms with van der Waals surface area (Å²) in [7, 11) is 1.79. The van der Waals surface area contributed by atoms with Crippen molar-refractivity contribution in [1.29, 1.82) is 0 Å². The number of carboxylic acids is 1. The normalized spacial score (nSPS) is 20.1. The second-order valence-corrected chi connectivity index (χ2v) is 4.00. The van der Waals surface area contributed by atoms with E-state index in [9.17, 15) is 9.59 Å². The molecular formula is C10H13N3O3. The van der Waals surface area contributed by atoms with Crippen LogP contribution in [0.4, 0.5) is 0 Å². The molecule has 6 heteroatoms. The fourth-order valence-corrected chi connectivity index (χ4v) is 1.83. The fourth-order valence-electron chi connectivity index (χ4n) is 1.83. The highest BCUT2D eigenvalue weighted by atomic mass is 16.4. The van der Waals surface area contributed by atoms with Crippen molar-refractivity contribution in [3.05, 3.63) is 18.2 Å². The number of aromatic nitrogens is 2. The second-order valence-electron chi connectivity index (χ2n) is 4.00. The monoisotopic (exact) mass is 223 g/mol. The number of carbonyl (C=O) groups is 2. The summed E-state index contributed by atoms with van der Waals surface area (Å²) in [6.07, 6.45) is 3.71. The Balaban J connectivity index is 2.05. The summed E-state index contributed by atoms with van der Waals surface area (Å²) >= 11 is 0. The number of carbonyl (C=O) groups excluding carboxylic acids is 1. The van der Waals surface area contributed by atoms with E-state index in [1.54, 1.807) is 29.0 Å². The lowest BCUT2D eigenvalue weighted by molar-refractivity contribution is -0.141. The number of likely N-dealkylation sites (tertiary alicyclic amines) is 1. The van der Waals surface area contributed by atoms with E-state index in [4.69, 9.17) is 5.11 Å². The van der Waals surface area contributed by atoms with Crippen molar-refractivity contribution < 1.29 is 14.7 Å². The SMILES string of the molecule is Cn1cnc(C(=O)N2CCC(C(=O)O)C2)c1. The number of rotatable bonds is 2. The van der Waals surface area contributed by atoms with E-state index >= 15 is 0 Å². The first kappa shape index (κ1) is 10.7. The van der Waals surface area contributed by atoms with Crippen LogP contribution in [0.3, 0.4) is 0 Å². The molecule has 16 heavy (non-hydrogen) atoms. The molecule has 0 saturated carbocycles. The lowest BCUT2D eigenvalue weighted by atomic mass is 10.1. The van der Waals surface area contributed by atoms with Crippen LogP contribution < -0.4 is 0 Å². The molecule has 0 aliphatic carbocycles. The van der Waals surface area contributed by atoms with Gasteiger partial charge in [0.25, 0.3) is 5.91 Å². The Morgan fingerprint density at radius 3 is 2.81 bits per heavy atom. The summed E-state index contributed by atoms with van der Waals surface area (Å²) in [6.45, 7) is 0.775. The molecule has 1 atom stereocenters. The molecule has 0 bridgehead atoms. The van der Waals surface area contributed by atoms with Crippen LogP contribution >= 0.6 is 0 Å². The fraction of sp³-hybridized carbons (Fsp3) is 0.500. The number of aliphatic carboxylic acids is 1. The molecule has 2 rings (SSSR count). The summed E-state index contributed by atoms with van der Waals surface area (Å²) in [5, 5.41) is 8.83. The van der Waals surface area contributed by atoms with Crippen LogP contribution in [0.15, 0.2) is 12.5 Å². The van der Waals surface area contributed by atoms with E-state index < -0.39 is 11.9 Å². The summed E-state index contributed by atoms with van der Waals surface area (Å²) in [6, 6.07) is 0. The van der Waals surface area contributed by atoms with E-state index in [1.807, 2.05) is 0 Å². The van der Waals surface area contributed by atoms with Gasteiger partial charge in [-0.3, -0.25) is 9.59 Å². The number of carboxylic acid groups (broad SMARTS) is 1. The minimum atomic E-state index is -0.837. The standard InChI is InChI=1S/C10H13N3O3/c1-12-5-8(11-6-12)9(14)13-3-2-7(4-13)10(15)16/h5-7H,2-4H2,1H3,(H,15,16). The zero-order chi connectivity index (χ0) is 11.7. The summed E-state index contributed by atoms with van der Waals surface area (Å²) in [5.41, 5.74) is 0.369. The molecule has 1 fully saturated rings. The van der Waals surface area contributed by atoms with Crippen molar-refractivity contribution in [1.82, 2.24) is 14.5 Å². The zero-order valence-electron chi connectivity index (χ0n) is 8.96. The lowest BCUT2D eigenvalue weighted by Crippen LogP contribution is -2.30. The molecule has 1 amide bonds. The molecule has 0 spiro atoms. The van der Waals surface area contributed by atoms with Crippen molar-refractivity contribution in [2.45, 2.75) is 6.42 Å². The molecule has 1 aliphatic heterocycles. The van der Waals surface area contributed by atoms with Gasteiger partial charge in [0.1, 0.15) is 5.69 Å². The van der Waals surface area contributed by atoms with Crippen molar-refractivity contribution >= 4 is 11.9 Å². The molecule has 1 unspecified atom stereocenters. The Morgan fingerprint density at radius 1 is 1.56 bits per heavy atom. The molecule has 1 aromatic rings. The van der Waals surface area contributed by atoms with Gasteiger partial charge in [-0.15, -0.1) is 0 Å². The van der Waals surface area contributed by atoms with Crippen LogP contribution in [-0.4, -0.2) is 44.5 Å². The van der Waals surface area contributed by atoms with Crippen molar-refractivity contribution in [3.8, 4) is 0 Å². The van der Waals surface area contributed by atoms with Crippen LogP contribution in [-0.2, 0) is 11.8 Å². The minimum absolute atomic E-state index is 0.190. The van der Waals surface area contributed by atoms with Gasteiger partial charge in [-0.05, 0) is 6.42 Å². The molecule has 2 heterocycles. The van der Waals surface area contributed by atoms with E-state index in [1.165, 1.54) is 0 Å². The molecule has 86 valence electrons. The number of imidazole rings is 1. The average Bonchev–Trinajstić information content (AvgIpc) is 2.84. The quantitative estimate of drug-likeness (QED) is 0.763. The largest absolute Gasteiger partial charge is 0.481 e. The second kappa shape index (κ2) is 3.96. The lowest BCUT2D eigenvalue weighted by Gasteiger charge is -2.13. The van der Waals surface area contributed by atoms with E-state index in [0.29, 0.717) is 18.7 Å². The van der Waals surface area contributed by atoms with Gasteiger partial charge in [0.15, 0.2) is 0 Å². The number of nitrogens with zero attached hydrogens (tertiary/aromatic N) is 3. The maximum absolute atomic E-state index is 11.9. The van der Waals surface area contributed by atoms with E-state index in [2.05, 4.69) is 4.98 Å².